The van der Waals surface area contributed by atoms with Gasteiger partial charge in [0, 0.05) is 16.9 Å². The standard InChI is InChI=1S/C19H19N3O3S/c1-11-12(2)26-18-17(11)19(24)22(10-20-18)9-16(23)21-14-7-8-25-15-6-4-3-5-13(14)15/h3-6,10,14H,7-9H2,1-2H3,(H,21,23)/t14-/m1/s1. The minimum Gasteiger partial charge on any atom is -0.493 e. The van der Waals surface area contributed by atoms with Gasteiger partial charge in [-0.05, 0) is 25.5 Å². The highest BCUT2D eigenvalue weighted by molar-refractivity contribution is 7.18. The lowest BCUT2D eigenvalue weighted by Gasteiger charge is -2.26. The highest BCUT2D eigenvalue weighted by Crippen LogP contribution is 2.31. The predicted octanol–water partition coefficient (Wildman–Crippen LogP) is 2.71. The van der Waals surface area contributed by atoms with Crippen LogP contribution >= 0.6 is 11.3 Å². The van der Waals surface area contributed by atoms with Crippen molar-refractivity contribution in [3.05, 3.63) is 57.0 Å². The summed E-state index contributed by atoms with van der Waals surface area (Å²) in [5.41, 5.74) is 1.74. The third-order valence-corrected chi connectivity index (χ3v) is 5.88. The summed E-state index contributed by atoms with van der Waals surface area (Å²) in [6.45, 7) is 4.40. The van der Waals surface area contributed by atoms with Crippen LogP contribution in [0.5, 0.6) is 5.75 Å². The summed E-state index contributed by atoms with van der Waals surface area (Å²) in [5, 5.41) is 3.63. The Morgan fingerprint density at radius 3 is 3.04 bits per heavy atom. The van der Waals surface area contributed by atoms with Crippen molar-refractivity contribution in [1.29, 1.82) is 0 Å². The summed E-state index contributed by atoms with van der Waals surface area (Å²) in [6.07, 6.45) is 2.16. The second-order valence-electron chi connectivity index (χ2n) is 6.44. The van der Waals surface area contributed by atoms with E-state index in [4.69, 9.17) is 4.74 Å². The van der Waals surface area contributed by atoms with Crippen molar-refractivity contribution in [3.8, 4) is 5.75 Å². The van der Waals surface area contributed by atoms with Gasteiger partial charge < -0.3 is 10.1 Å². The van der Waals surface area contributed by atoms with Crippen LogP contribution in [0.4, 0.5) is 0 Å². The molecular formula is C19H19N3O3S. The Kier molecular flexibility index (Phi) is 4.24. The van der Waals surface area contributed by atoms with Gasteiger partial charge in [0.25, 0.3) is 5.56 Å². The molecule has 0 unspecified atom stereocenters. The molecule has 134 valence electrons. The highest BCUT2D eigenvalue weighted by Gasteiger charge is 2.23. The van der Waals surface area contributed by atoms with Gasteiger partial charge in [0.15, 0.2) is 0 Å². The van der Waals surface area contributed by atoms with Gasteiger partial charge in [-0.3, -0.25) is 14.2 Å². The van der Waals surface area contributed by atoms with Gasteiger partial charge in [-0.2, -0.15) is 0 Å². The number of carbonyl (C=O) groups is 1. The first-order chi connectivity index (χ1) is 12.5. The van der Waals surface area contributed by atoms with Crippen LogP contribution < -0.4 is 15.6 Å². The maximum Gasteiger partial charge on any atom is 0.262 e. The van der Waals surface area contributed by atoms with E-state index in [9.17, 15) is 9.59 Å². The van der Waals surface area contributed by atoms with Crippen molar-refractivity contribution in [2.45, 2.75) is 32.9 Å². The molecule has 3 aromatic rings. The topological polar surface area (TPSA) is 73.2 Å². The first kappa shape index (κ1) is 16.8. The van der Waals surface area contributed by atoms with E-state index < -0.39 is 0 Å². The van der Waals surface area contributed by atoms with Gasteiger partial charge >= 0.3 is 0 Å². The number of rotatable bonds is 3. The van der Waals surface area contributed by atoms with Gasteiger partial charge in [-0.15, -0.1) is 11.3 Å². The molecule has 1 atom stereocenters. The number of nitrogens with one attached hydrogen (secondary N) is 1. The summed E-state index contributed by atoms with van der Waals surface area (Å²) in [6, 6.07) is 7.59. The van der Waals surface area contributed by atoms with E-state index in [1.165, 1.54) is 22.2 Å². The molecule has 0 saturated heterocycles. The SMILES string of the molecule is Cc1sc2ncn(CC(=O)N[C@@H]3CCOc4ccccc43)c(=O)c2c1C. The molecule has 1 amide bonds. The molecule has 0 spiro atoms. The van der Waals surface area contributed by atoms with Crippen molar-refractivity contribution in [1.82, 2.24) is 14.9 Å². The van der Waals surface area contributed by atoms with E-state index in [-0.39, 0.29) is 24.1 Å². The van der Waals surface area contributed by atoms with Crippen molar-refractivity contribution in [2.24, 2.45) is 0 Å². The van der Waals surface area contributed by atoms with Crippen LogP contribution in [0.25, 0.3) is 10.2 Å². The van der Waals surface area contributed by atoms with Gasteiger partial charge in [-0.25, -0.2) is 4.98 Å². The molecule has 26 heavy (non-hydrogen) atoms. The molecule has 1 aromatic carbocycles. The highest BCUT2D eigenvalue weighted by atomic mass is 32.1. The Morgan fingerprint density at radius 1 is 1.38 bits per heavy atom. The van der Waals surface area contributed by atoms with E-state index in [0.29, 0.717) is 18.4 Å². The summed E-state index contributed by atoms with van der Waals surface area (Å²) in [4.78, 5) is 31.4. The second-order valence-corrected chi connectivity index (χ2v) is 7.64. The molecule has 0 aliphatic carbocycles. The first-order valence-electron chi connectivity index (χ1n) is 8.51. The van der Waals surface area contributed by atoms with Crippen LogP contribution in [0.15, 0.2) is 35.4 Å². The van der Waals surface area contributed by atoms with Crippen LogP contribution in [-0.2, 0) is 11.3 Å². The maximum atomic E-state index is 12.7. The lowest BCUT2D eigenvalue weighted by Crippen LogP contribution is -2.36. The maximum absolute atomic E-state index is 12.7. The Hall–Kier alpha value is -2.67. The van der Waals surface area contributed by atoms with Gasteiger partial charge in [0.2, 0.25) is 5.91 Å². The number of amides is 1. The van der Waals surface area contributed by atoms with E-state index in [0.717, 1.165) is 26.6 Å². The smallest absolute Gasteiger partial charge is 0.262 e. The fourth-order valence-electron chi connectivity index (χ4n) is 3.27. The van der Waals surface area contributed by atoms with Crippen LogP contribution in [-0.4, -0.2) is 22.1 Å². The Labute approximate surface area is 154 Å². The lowest BCUT2D eigenvalue weighted by molar-refractivity contribution is -0.122. The quantitative estimate of drug-likeness (QED) is 0.770. The summed E-state index contributed by atoms with van der Waals surface area (Å²) >= 11 is 1.50. The zero-order valence-electron chi connectivity index (χ0n) is 14.6. The molecule has 1 aliphatic rings. The second kappa shape index (κ2) is 6.57. The van der Waals surface area contributed by atoms with Crippen LogP contribution in [0, 0.1) is 13.8 Å². The van der Waals surface area contributed by atoms with Crippen LogP contribution in [0.1, 0.15) is 28.5 Å². The molecule has 3 heterocycles. The molecule has 0 bridgehead atoms. The lowest BCUT2D eigenvalue weighted by atomic mass is 10.0. The number of benzene rings is 1. The predicted molar refractivity (Wildman–Crippen MR) is 101 cm³/mol. The van der Waals surface area contributed by atoms with E-state index >= 15 is 0 Å². The number of hydrogen-bond donors (Lipinski definition) is 1. The van der Waals surface area contributed by atoms with Gasteiger partial charge in [0.1, 0.15) is 17.1 Å². The largest absolute Gasteiger partial charge is 0.493 e. The molecule has 1 aliphatic heterocycles. The zero-order chi connectivity index (χ0) is 18.3. The van der Waals surface area contributed by atoms with Crippen LogP contribution in [0.3, 0.4) is 0 Å². The number of aryl methyl sites for hydroxylation is 2. The Balaban J connectivity index is 1.56. The molecule has 1 N–H and O–H groups in total. The number of ether oxygens (including phenoxy) is 1. The van der Waals surface area contributed by atoms with Crippen molar-refractivity contribution < 1.29 is 9.53 Å². The number of thiophene rings is 1. The normalized spacial score (nSPS) is 16.2. The molecule has 2 aromatic heterocycles. The first-order valence-corrected chi connectivity index (χ1v) is 9.32. The molecule has 0 saturated carbocycles. The van der Waals surface area contributed by atoms with Crippen molar-refractivity contribution in [2.75, 3.05) is 6.61 Å². The Bertz CT molecular complexity index is 1050. The average Bonchev–Trinajstić information content (AvgIpc) is 2.93. The third-order valence-electron chi connectivity index (χ3n) is 4.76. The number of nitrogens with zero attached hydrogens (tertiary/aromatic N) is 2. The number of hydrogen-bond acceptors (Lipinski definition) is 5. The average molecular weight is 369 g/mol. The number of carbonyl (C=O) groups excluding carboxylic acids is 1. The van der Waals surface area contributed by atoms with Crippen LogP contribution in [0.2, 0.25) is 0 Å². The van der Waals surface area contributed by atoms with Gasteiger partial charge in [-0.1, -0.05) is 18.2 Å². The molecule has 4 rings (SSSR count). The van der Waals surface area contributed by atoms with E-state index in [1.54, 1.807) is 0 Å². The summed E-state index contributed by atoms with van der Waals surface area (Å²) < 4.78 is 7.00. The van der Waals surface area contributed by atoms with E-state index in [1.807, 2.05) is 38.1 Å². The molecule has 6 nitrogen and oxygen atoms in total. The fourth-order valence-corrected chi connectivity index (χ4v) is 4.26. The number of aromatic nitrogens is 2. The minimum absolute atomic E-state index is 0.0460. The number of fused-ring (bicyclic) bond motifs is 2. The molecular weight excluding hydrogens is 350 g/mol. The number of para-hydroxylation sites is 1. The minimum atomic E-state index is -0.209. The monoisotopic (exact) mass is 369 g/mol. The van der Waals surface area contributed by atoms with Crippen molar-refractivity contribution >= 4 is 27.5 Å². The zero-order valence-corrected chi connectivity index (χ0v) is 15.4. The summed E-state index contributed by atoms with van der Waals surface area (Å²) in [5.74, 6) is 0.591. The third kappa shape index (κ3) is 2.88. The molecule has 0 fully saturated rings. The fraction of sp³-hybridized carbons (Fsp3) is 0.316. The molecule has 7 heteroatoms. The Morgan fingerprint density at radius 2 is 2.19 bits per heavy atom. The van der Waals surface area contributed by atoms with Gasteiger partial charge in [0.05, 0.1) is 24.4 Å². The van der Waals surface area contributed by atoms with E-state index in [2.05, 4.69) is 10.3 Å². The van der Waals surface area contributed by atoms with Crippen molar-refractivity contribution in [3.63, 3.8) is 0 Å². The molecule has 0 radical (unpaired) electrons. The summed E-state index contributed by atoms with van der Waals surface area (Å²) in [7, 11) is 0.